The number of benzene rings is 1. The van der Waals surface area contributed by atoms with Crippen LogP contribution in [0.25, 0.3) is 0 Å². The van der Waals surface area contributed by atoms with E-state index >= 15 is 0 Å². The number of aliphatic carboxylic acids is 2. The van der Waals surface area contributed by atoms with Gasteiger partial charge in [-0.15, -0.1) is 0 Å². The molecule has 0 unspecified atom stereocenters. The molecule has 1 aromatic carbocycles. The van der Waals surface area contributed by atoms with Gasteiger partial charge in [0.05, 0.1) is 12.2 Å². The first kappa shape index (κ1) is 23.7. The summed E-state index contributed by atoms with van der Waals surface area (Å²) < 4.78 is 26.5. The van der Waals surface area contributed by atoms with E-state index in [0.717, 1.165) is 38.1 Å². The van der Waals surface area contributed by atoms with Gasteiger partial charge < -0.3 is 20.4 Å². The highest BCUT2D eigenvalue weighted by Crippen LogP contribution is 2.21. The fraction of sp³-hybridized carbons (Fsp3) is 0.550. The van der Waals surface area contributed by atoms with Gasteiger partial charge in [-0.3, -0.25) is 9.69 Å². The number of likely N-dealkylation sites (tertiary alicyclic amines) is 2. The zero-order valence-electron chi connectivity index (χ0n) is 16.6. The Morgan fingerprint density at radius 2 is 1.57 bits per heavy atom. The number of carboxylic acids is 2. The monoisotopic (exact) mass is 427 g/mol. The number of carbonyl (C=O) groups is 3. The van der Waals surface area contributed by atoms with Crippen LogP contribution in [-0.2, 0) is 14.4 Å². The SMILES string of the molecule is O=C(CN1CCC(N2CCCCC2)CC1)Nc1ccc(F)cc1F.O=C(O)C(=O)O. The van der Waals surface area contributed by atoms with Gasteiger partial charge in [0, 0.05) is 25.2 Å². The minimum absolute atomic E-state index is 0.0320. The lowest BCUT2D eigenvalue weighted by molar-refractivity contribution is -0.159. The van der Waals surface area contributed by atoms with Gasteiger partial charge in [0.2, 0.25) is 5.91 Å². The number of hydrogen-bond acceptors (Lipinski definition) is 5. The molecule has 8 nitrogen and oxygen atoms in total. The van der Waals surface area contributed by atoms with Crippen LogP contribution in [0.4, 0.5) is 14.5 Å². The molecule has 30 heavy (non-hydrogen) atoms. The van der Waals surface area contributed by atoms with Gasteiger partial charge in [0.15, 0.2) is 0 Å². The topological polar surface area (TPSA) is 110 Å². The minimum Gasteiger partial charge on any atom is -0.473 e. The van der Waals surface area contributed by atoms with E-state index < -0.39 is 23.6 Å². The molecule has 3 N–H and O–H groups in total. The van der Waals surface area contributed by atoms with Gasteiger partial charge in [0.1, 0.15) is 11.6 Å². The Hall–Kier alpha value is -2.59. The first-order chi connectivity index (χ1) is 14.3. The molecular formula is C20H27F2N3O5. The highest BCUT2D eigenvalue weighted by atomic mass is 19.1. The second kappa shape index (κ2) is 11.6. The molecule has 2 aliphatic rings. The van der Waals surface area contributed by atoms with Gasteiger partial charge in [0.25, 0.3) is 0 Å². The number of piperidine rings is 2. The highest BCUT2D eigenvalue weighted by molar-refractivity contribution is 6.27. The van der Waals surface area contributed by atoms with Crippen molar-refractivity contribution in [1.29, 1.82) is 0 Å². The van der Waals surface area contributed by atoms with E-state index in [1.807, 2.05) is 0 Å². The molecule has 1 amide bonds. The molecule has 0 saturated carbocycles. The van der Waals surface area contributed by atoms with Crippen LogP contribution in [0, 0.1) is 11.6 Å². The molecule has 166 valence electrons. The minimum atomic E-state index is -1.82. The maximum atomic E-state index is 13.6. The first-order valence-electron chi connectivity index (χ1n) is 9.93. The van der Waals surface area contributed by atoms with E-state index in [2.05, 4.69) is 15.1 Å². The van der Waals surface area contributed by atoms with Gasteiger partial charge in [-0.05, 0) is 50.9 Å². The predicted molar refractivity (Wildman–Crippen MR) is 105 cm³/mol. The van der Waals surface area contributed by atoms with E-state index in [4.69, 9.17) is 19.8 Å². The Morgan fingerprint density at radius 3 is 2.10 bits per heavy atom. The Labute approximate surface area is 173 Å². The third kappa shape index (κ3) is 7.68. The lowest BCUT2D eigenvalue weighted by atomic mass is 10.00. The molecule has 0 aromatic heterocycles. The second-order valence-electron chi connectivity index (χ2n) is 7.39. The van der Waals surface area contributed by atoms with Gasteiger partial charge in [-0.25, -0.2) is 18.4 Å². The molecule has 3 rings (SSSR count). The Balaban J connectivity index is 0.000000469. The van der Waals surface area contributed by atoms with E-state index in [0.29, 0.717) is 6.04 Å². The molecule has 0 aliphatic carbocycles. The van der Waals surface area contributed by atoms with Crippen LogP contribution in [0.5, 0.6) is 0 Å². The van der Waals surface area contributed by atoms with Crippen LogP contribution < -0.4 is 5.32 Å². The fourth-order valence-electron chi connectivity index (χ4n) is 3.71. The van der Waals surface area contributed by atoms with Crippen molar-refractivity contribution >= 4 is 23.5 Å². The average molecular weight is 427 g/mol. The number of anilines is 1. The summed E-state index contributed by atoms with van der Waals surface area (Å²) in [6, 6.07) is 3.81. The van der Waals surface area contributed by atoms with Crippen molar-refractivity contribution in [3.05, 3.63) is 29.8 Å². The largest absolute Gasteiger partial charge is 0.473 e. The summed E-state index contributed by atoms with van der Waals surface area (Å²) in [6.07, 6.45) is 6.10. The van der Waals surface area contributed by atoms with Crippen molar-refractivity contribution in [2.45, 2.75) is 38.1 Å². The number of nitrogens with zero attached hydrogens (tertiary/aromatic N) is 2. The maximum absolute atomic E-state index is 13.6. The summed E-state index contributed by atoms with van der Waals surface area (Å²) in [5.74, 6) is -5.29. The number of carbonyl (C=O) groups excluding carboxylic acids is 1. The van der Waals surface area contributed by atoms with E-state index in [-0.39, 0.29) is 18.1 Å². The molecule has 1 aromatic rings. The molecule has 0 bridgehead atoms. The number of halogens is 2. The second-order valence-corrected chi connectivity index (χ2v) is 7.39. The molecule has 0 spiro atoms. The first-order valence-corrected chi connectivity index (χ1v) is 9.93. The molecular weight excluding hydrogens is 400 g/mol. The summed E-state index contributed by atoms with van der Waals surface area (Å²) >= 11 is 0. The standard InChI is InChI=1S/C18H25F2N3O.C2H2O4/c19-14-4-5-17(16(20)12-14)21-18(24)13-22-10-6-15(7-11-22)23-8-2-1-3-9-23;3-1(4)2(5)6/h4-5,12,15H,1-3,6-11,13H2,(H,21,24);(H,3,4)(H,5,6). The van der Waals surface area contributed by atoms with E-state index in [1.165, 1.54) is 38.4 Å². The average Bonchev–Trinajstić information content (AvgIpc) is 2.72. The number of carboxylic acid groups (broad SMARTS) is 2. The van der Waals surface area contributed by atoms with Crippen LogP contribution >= 0.6 is 0 Å². The molecule has 0 atom stereocenters. The van der Waals surface area contributed by atoms with Crippen molar-refractivity contribution in [1.82, 2.24) is 9.80 Å². The van der Waals surface area contributed by atoms with Crippen LogP contribution in [0.3, 0.4) is 0 Å². The highest BCUT2D eigenvalue weighted by Gasteiger charge is 2.26. The quantitative estimate of drug-likeness (QED) is 0.631. The number of amides is 1. The summed E-state index contributed by atoms with van der Waals surface area (Å²) in [6.45, 7) is 4.44. The Kier molecular flexibility index (Phi) is 9.13. The van der Waals surface area contributed by atoms with Crippen molar-refractivity contribution in [2.24, 2.45) is 0 Å². The summed E-state index contributed by atoms with van der Waals surface area (Å²) in [5, 5.41) is 17.3. The van der Waals surface area contributed by atoms with Crippen LogP contribution in [0.2, 0.25) is 0 Å². The summed E-state index contributed by atoms with van der Waals surface area (Å²) in [7, 11) is 0. The van der Waals surface area contributed by atoms with Gasteiger partial charge >= 0.3 is 11.9 Å². The normalized spacial score (nSPS) is 18.2. The maximum Gasteiger partial charge on any atom is 0.414 e. The van der Waals surface area contributed by atoms with Crippen LogP contribution in [0.15, 0.2) is 18.2 Å². The van der Waals surface area contributed by atoms with Crippen molar-refractivity contribution in [2.75, 3.05) is 38.0 Å². The lowest BCUT2D eigenvalue weighted by Crippen LogP contribution is -2.48. The van der Waals surface area contributed by atoms with Crippen molar-refractivity contribution < 1.29 is 33.4 Å². The van der Waals surface area contributed by atoms with Gasteiger partial charge in [-0.1, -0.05) is 6.42 Å². The van der Waals surface area contributed by atoms with Gasteiger partial charge in [-0.2, -0.15) is 0 Å². The third-order valence-corrected chi connectivity index (χ3v) is 5.22. The van der Waals surface area contributed by atoms with Crippen molar-refractivity contribution in [3.8, 4) is 0 Å². The Morgan fingerprint density at radius 1 is 0.967 bits per heavy atom. The van der Waals surface area contributed by atoms with Crippen LogP contribution in [0.1, 0.15) is 32.1 Å². The Bertz CT molecular complexity index is 736. The molecule has 2 saturated heterocycles. The van der Waals surface area contributed by atoms with E-state index in [9.17, 15) is 13.6 Å². The van der Waals surface area contributed by atoms with Crippen molar-refractivity contribution in [3.63, 3.8) is 0 Å². The number of hydrogen-bond donors (Lipinski definition) is 3. The zero-order chi connectivity index (χ0) is 22.1. The fourth-order valence-corrected chi connectivity index (χ4v) is 3.71. The molecule has 2 fully saturated rings. The van der Waals surface area contributed by atoms with E-state index in [1.54, 1.807) is 0 Å². The lowest BCUT2D eigenvalue weighted by Gasteiger charge is -2.40. The molecule has 2 aliphatic heterocycles. The summed E-state index contributed by atoms with van der Waals surface area (Å²) in [5.41, 5.74) is 0.0320. The molecule has 10 heteroatoms. The number of rotatable bonds is 4. The molecule has 0 radical (unpaired) electrons. The predicted octanol–water partition coefficient (Wildman–Crippen LogP) is 2.01. The van der Waals surface area contributed by atoms with Crippen LogP contribution in [-0.4, -0.2) is 76.6 Å². The molecule has 2 heterocycles. The summed E-state index contributed by atoms with van der Waals surface area (Å²) in [4.78, 5) is 35.0. The zero-order valence-corrected chi connectivity index (χ0v) is 16.6. The third-order valence-electron chi connectivity index (χ3n) is 5.22. The number of nitrogens with one attached hydrogen (secondary N) is 1. The smallest absolute Gasteiger partial charge is 0.414 e.